The summed E-state index contributed by atoms with van der Waals surface area (Å²) >= 11 is 3.31. The van der Waals surface area contributed by atoms with E-state index in [0.29, 0.717) is 5.82 Å². The number of anilines is 1. The molecule has 16 heavy (non-hydrogen) atoms. The molecule has 1 aromatic rings. The van der Waals surface area contributed by atoms with Gasteiger partial charge in [-0.3, -0.25) is 4.79 Å². The van der Waals surface area contributed by atoms with Gasteiger partial charge in [0.25, 0.3) is 5.91 Å². The van der Waals surface area contributed by atoms with Crippen LogP contribution in [0.3, 0.4) is 0 Å². The Bertz CT molecular complexity index is 380. The summed E-state index contributed by atoms with van der Waals surface area (Å²) < 4.78 is 6.08. The van der Waals surface area contributed by atoms with Crippen LogP contribution in [0, 0.1) is 6.92 Å². The third-order valence-electron chi connectivity index (χ3n) is 1.85. The van der Waals surface area contributed by atoms with E-state index in [-0.39, 0.29) is 18.6 Å². The van der Waals surface area contributed by atoms with E-state index >= 15 is 0 Å². The fraction of sp³-hybridized carbons (Fsp3) is 0.455. The van der Waals surface area contributed by atoms with Crippen molar-refractivity contribution in [1.29, 1.82) is 0 Å². The average Bonchev–Trinajstić information content (AvgIpc) is 2.19. The normalized spacial score (nSPS) is 10.6. The van der Waals surface area contributed by atoms with E-state index in [1.165, 1.54) is 0 Å². The van der Waals surface area contributed by atoms with Crippen molar-refractivity contribution in [3.63, 3.8) is 0 Å². The maximum absolute atomic E-state index is 11.5. The van der Waals surface area contributed by atoms with E-state index in [4.69, 9.17) is 4.74 Å². The van der Waals surface area contributed by atoms with Gasteiger partial charge in [-0.2, -0.15) is 0 Å². The van der Waals surface area contributed by atoms with Gasteiger partial charge in [0.2, 0.25) is 0 Å². The number of halogens is 1. The minimum Gasteiger partial charge on any atom is -0.369 e. The highest BCUT2D eigenvalue weighted by Crippen LogP contribution is 2.16. The first-order valence-corrected chi connectivity index (χ1v) is 5.82. The van der Waals surface area contributed by atoms with Gasteiger partial charge >= 0.3 is 0 Å². The monoisotopic (exact) mass is 286 g/mol. The van der Waals surface area contributed by atoms with Gasteiger partial charge in [0.05, 0.1) is 6.10 Å². The van der Waals surface area contributed by atoms with E-state index in [2.05, 4.69) is 26.2 Å². The summed E-state index contributed by atoms with van der Waals surface area (Å²) in [5.74, 6) is 0.382. The summed E-state index contributed by atoms with van der Waals surface area (Å²) in [5.41, 5.74) is 0.910. The topological polar surface area (TPSA) is 51.2 Å². The number of carbonyl (C=O) groups is 1. The molecule has 0 unspecified atom stereocenters. The van der Waals surface area contributed by atoms with Crippen LogP contribution in [0.4, 0.5) is 5.82 Å². The molecule has 1 heterocycles. The third kappa shape index (κ3) is 4.28. The highest BCUT2D eigenvalue weighted by Gasteiger charge is 2.07. The zero-order valence-corrected chi connectivity index (χ0v) is 11.2. The van der Waals surface area contributed by atoms with Gasteiger partial charge in [0.1, 0.15) is 12.4 Å². The second kappa shape index (κ2) is 5.96. The van der Waals surface area contributed by atoms with Crippen molar-refractivity contribution in [2.45, 2.75) is 26.9 Å². The number of ether oxygens (including phenoxy) is 1. The molecular formula is C11H15BrN2O2. The number of aryl methyl sites for hydroxylation is 1. The van der Waals surface area contributed by atoms with E-state index in [9.17, 15) is 4.79 Å². The van der Waals surface area contributed by atoms with Gasteiger partial charge in [-0.1, -0.05) is 0 Å². The molecule has 1 N–H and O–H groups in total. The smallest absolute Gasteiger partial charge is 0.251 e. The molecule has 0 spiro atoms. The minimum absolute atomic E-state index is 0.0460. The Morgan fingerprint density at radius 1 is 1.62 bits per heavy atom. The SMILES string of the molecule is Cc1cc(Br)cnc1NC(=O)COC(C)C. The second-order valence-electron chi connectivity index (χ2n) is 3.73. The molecule has 0 atom stereocenters. The Morgan fingerprint density at radius 3 is 2.88 bits per heavy atom. The first-order valence-electron chi connectivity index (χ1n) is 5.02. The van der Waals surface area contributed by atoms with Crippen molar-refractivity contribution in [2.75, 3.05) is 11.9 Å². The summed E-state index contributed by atoms with van der Waals surface area (Å²) in [6, 6.07) is 1.89. The van der Waals surface area contributed by atoms with E-state index in [1.807, 2.05) is 26.8 Å². The number of rotatable bonds is 4. The van der Waals surface area contributed by atoms with Crippen molar-refractivity contribution >= 4 is 27.7 Å². The highest BCUT2D eigenvalue weighted by molar-refractivity contribution is 9.10. The standard InChI is InChI=1S/C11H15BrN2O2/c1-7(2)16-6-10(15)14-11-8(3)4-9(12)5-13-11/h4-5,7H,6H2,1-3H3,(H,13,14,15). The van der Waals surface area contributed by atoms with Crippen LogP contribution in [0.2, 0.25) is 0 Å². The van der Waals surface area contributed by atoms with Gasteiger partial charge in [-0.05, 0) is 48.3 Å². The molecule has 1 amide bonds. The van der Waals surface area contributed by atoms with E-state index in [1.54, 1.807) is 6.20 Å². The molecule has 0 radical (unpaired) electrons. The van der Waals surface area contributed by atoms with Gasteiger partial charge in [0, 0.05) is 10.7 Å². The predicted octanol–water partition coefficient (Wildman–Crippen LogP) is 2.52. The molecular weight excluding hydrogens is 272 g/mol. The average molecular weight is 287 g/mol. The molecule has 0 aliphatic rings. The van der Waals surface area contributed by atoms with Crippen LogP contribution in [-0.2, 0) is 9.53 Å². The van der Waals surface area contributed by atoms with Crippen LogP contribution in [0.25, 0.3) is 0 Å². The molecule has 5 heteroatoms. The van der Waals surface area contributed by atoms with Gasteiger partial charge in [-0.25, -0.2) is 4.98 Å². The number of hydrogen-bond donors (Lipinski definition) is 1. The van der Waals surface area contributed by atoms with Crippen molar-refractivity contribution in [3.8, 4) is 0 Å². The zero-order chi connectivity index (χ0) is 12.1. The Labute approximate surface area is 104 Å². The molecule has 0 aromatic carbocycles. The molecule has 0 bridgehead atoms. The Morgan fingerprint density at radius 2 is 2.31 bits per heavy atom. The summed E-state index contributed by atoms with van der Waals surface area (Å²) in [6.07, 6.45) is 1.69. The van der Waals surface area contributed by atoms with Crippen LogP contribution >= 0.6 is 15.9 Å². The molecule has 88 valence electrons. The van der Waals surface area contributed by atoms with Crippen LogP contribution in [0.5, 0.6) is 0 Å². The molecule has 0 saturated carbocycles. The van der Waals surface area contributed by atoms with Crippen LogP contribution in [0.15, 0.2) is 16.7 Å². The van der Waals surface area contributed by atoms with Crippen molar-refractivity contribution < 1.29 is 9.53 Å². The fourth-order valence-electron chi connectivity index (χ4n) is 1.08. The van der Waals surface area contributed by atoms with Crippen LogP contribution < -0.4 is 5.32 Å². The third-order valence-corrected chi connectivity index (χ3v) is 2.28. The van der Waals surface area contributed by atoms with Crippen molar-refractivity contribution in [1.82, 2.24) is 4.98 Å². The second-order valence-corrected chi connectivity index (χ2v) is 4.64. The molecule has 4 nitrogen and oxygen atoms in total. The number of carbonyl (C=O) groups excluding carboxylic acids is 1. The lowest BCUT2D eigenvalue weighted by atomic mass is 10.3. The maximum atomic E-state index is 11.5. The number of amides is 1. The Hall–Kier alpha value is -0.940. The summed E-state index contributed by atoms with van der Waals surface area (Å²) in [5, 5.41) is 2.70. The summed E-state index contributed by atoms with van der Waals surface area (Å²) in [7, 11) is 0. The first kappa shape index (κ1) is 13.1. The van der Waals surface area contributed by atoms with Crippen molar-refractivity contribution in [2.24, 2.45) is 0 Å². The molecule has 1 rings (SSSR count). The minimum atomic E-state index is -0.188. The predicted molar refractivity (Wildman–Crippen MR) is 66.4 cm³/mol. The fourth-order valence-corrected chi connectivity index (χ4v) is 1.53. The number of nitrogens with zero attached hydrogens (tertiary/aromatic N) is 1. The summed E-state index contributed by atoms with van der Waals surface area (Å²) in [6.45, 7) is 5.71. The zero-order valence-electron chi connectivity index (χ0n) is 9.58. The van der Waals surface area contributed by atoms with Crippen molar-refractivity contribution in [3.05, 3.63) is 22.3 Å². The van der Waals surface area contributed by atoms with Gasteiger partial charge in [0.15, 0.2) is 0 Å². The first-order chi connectivity index (χ1) is 7.49. The molecule has 1 aromatic heterocycles. The number of aromatic nitrogens is 1. The van der Waals surface area contributed by atoms with E-state index in [0.717, 1.165) is 10.0 Å². The van der Waals surface area contributed by atoms with E-state index < -0.39 is 0 Å². The molecule has 0 fully saturated rings. The summed E-state index contributed by atoms with van der Waals surface area (Å²) in [4.78, 5) is 15.6. The molecule has 0 aliphatic heterocycles. The van der Waals surface area contributed by atoms with Gasteiger partial charge < -0.3 is 10.1 Å². The Kier molecular flexibility index (Phi) is 4.89. The lowest BCUT2D eigenvalue weighted by molar-refractivity contribution is -0.121. The molecule has 0 aliphatic carbocycles. The number of pyridine rings is 1. The lowest BCUT2D eigenvalue weighted by Crippen LogP contribution is -2.21. The maximum Gasteiger partial charge on any atom is 0.251 e. The molecule has 0 saturated heterocycles. The highest BCUT2D eigenvalue weighted by atomic mass is 79.9. The Balaban J connectivity index is 2.56. The van der Waals surface area contributed by atoms with Crippen LogP contribution in [-0.4, -0.2) is 23.6 Å². The number of nitrogens with one attached hydrogen (secondary N) is 1. The van der Waals surface area contributed by atoms with Gasteiger partial charge in [-0.15, -0.1) is 0 Å². The van der Waals surface area contributed by atoms with Crippen LogP contribution in [0.1, 0.15) is 19.4 Å². The quantitative estimate of drug-likeness (QED) is 0.925. The largest absolute Gasteiger partial charge is 0.369 e. The number of hydrogen-bond acceptors (Lipinski definition) is 3. The lowest BCUT2D eigenvalue weighted by Gasteiger charge is -2.09.